The van der Waals surface area contributed by atoms with Gasteiger partial charge in [0.1, 0.15) is 0 Å². The van der Waals surface area contributed by atoms with Gasteiger partial charge in [-0.05, 0) is 19.1 Å². The quantitative estimate of drug-likeness (QED) is 0.782. The first-order chi connectivity index (χ1) is 12.3. The number of hydrogen-bond acceptors (Lipinski definition) is 5. The predicted molar refractivity (Wildman–Crippen MR) is 91.4 cm³/mol. The second-order valence-corrected chi connectivity index (χ2v) is 7.94. The fourth-order valence-electron chi connectivity index (χ4n) is 3.16. The van der Waals surface area contributed by atoms with Crippen molar-refractivity contribution < 1.29 is 23.4 Å². The van der Waals surface area contributed by atoms with Crippen molar-refractivity contribution >= 4 is 10.1 Å². The van der Waals surface area contributed by atoms with Gasteiger partial charge in [-0.25, -0.2) is 0 Å². The number of ether oxygens (including phenoxy) is 2. The van der Waals surface area contributed by atoms with E-state index in [0.717, 1.165) is 11.1 Å². The highest BCUT2D eigenvalue weighted by Crippen LogP contribution is 2.41. The van der Waals surface area contributed by atoms with Crippen LogP contribution in [0, 0.1) is 6.92 Å². The zero-order valence-corrected chi connectivity index (χ0v) is 14.6. The summed E-state index contributed by atoms with van der Waals surface area (Å²) in [5, 5.41) is 0. The third-order valence-electron chi connectivity index (χ3n) is 4.48. The fourth-order valence-corrected chi connectivity index (χ4v) is 4.17. The molecule has 0 N–H and O–H groups in total. The molecule has 2 aromatic rings. The van der Waals surface area contributed by atoms with Gasteiger partial charge >= 0.3 is 0 Å². The Balaban J connectivity index is 1.45. The molecule has 0 amide bonds. The molecule has 2 aliphatic rings. The van der Waals surface area contributed by atoms with Crippen molar-refractivity contribution in [2.75, 3.05) is 0 Å². The molecule has 0 bridgehead atoms. The summed E-state index contributed by atoms with van der Waals surface area (Å²) in [7, 11) is -4.01. The molecule has 1 aliphatic heterocycles. The molecule has 3 unspecified atom stereocenters. The van der Waals surface area contributed by atoms with E-state index >= 15 is 0 Å². The van der Waals surface area contributed by atoms with Gasteiger partial charge in [-0.3, -0.25) is 4.18 Å². The van der Waals surface area contributed by atoms with Crippen LogP contribution in [0.4, 0.5) is 0 Å². The van der Waals surface area contributed by atoms with Gasteiger partial charge in [0.15, 0.2) is 6.29 Å². The van der Waals surface area contributed by atoms with Crippen molar-refractivity contribution in [2.45, 2.75) is 49.2 Å². The molecule has 1 heterocycles. The van der Waals surface area contributed by atoms with Crippen LogP contribution in [0.5, 0.6) is 0 Å². The lowest BCUT2D eigenvalue weighted by Gasteiger charge is -2.16. The minimum Gasteiger partial charge on any atom is -0.342 e. The summed E-state index contributed by atoms with van der Waals surface area (Å²) >= 11 is 0. The van der Waals surface area contributed by atoms with Crippen molar-refractivity contribution in [1.29, 1.82) is 0 Å². The zero-order chi connectivity index (χ0) is 18.4. The third-order valence-corrected chi connectivity index (χ3v) is 5.78. The molecule has 0 aromatic heterocycles. The maximum absolute atomic E-state index is 12.5. The molecule has 1 saturated heterocycles. The van der Waals surface area contributed by atoms with E-state index in [1.165, 1.54) is 12.1 Å². The van der Waals surface area contributed by atoms with Crippen molar-refractivity contribution in [3.63, 3.8) is 0 Å². The van der Waals surface area contributed by atoms with E-state index in [1.807, 2.05) is 37.3 Å². The predicted octanol–water partition coefficient (Wildman–Crippen LogP) is 3.35. The summed E-state index contributed by atoms with van der Waals surface area (Å²) in [5.41, 5.74) is 1.86. The largest absolute Gasteiger partial charge is 0.342 e. The maximum atomic E-state index is 12.5. The van der Waals surface area contributed by atoms with Crippen molar-refractivity contribution in [3.05, 3.63) is 65.7 Å². The van der Waals surface area contributed by atoms with Gasteiger partial charge in [0.2, 0.25) is 0 Å². The van der Waals surface area contributed by atoms with Crippen LogP contribution in [-0.4, -0.2) is 26.7 Å². The number of fused-ring (bicyclic) bond motifs is 1. The van der Waals surface area contributed by atoms with Gasteiger partial charge in [-0.2, -0.15) is 8.42 Å². The van der Waals surface area contributed by atoms with E-state index in [9.17, 15) is 8.42 Å². The van der Waals surface area contributed by atoms with E-state index in [0.29, 0.717) is 0 Å². The Labute approximate surface area is 149 Å². The van der Waals surface area contributed by atoms with E-state index in [4.69, 9.17) is 15.0 Å². The van der Waals surface area contributed by atoms with E-state index in [1.54, 1.807) is 12.1 Å². The molecular formula is C19H20O5S. The molecule has 5 nitrogen and oxygen atoms in total. The summed E-state index contributed by atoms with van der Waals surface area (Å²) in [6.07, 6.45) is -2.49. The topological polar surface area (TPSA) is 61.8 Å². The van der Waals surface area contributed by atoms with Gasteiger partial charge in [0.25, 0.3) is 10.1 Å². The molecule has 2 aromatic carbocycles. The second kappa shape index (κ2) is 6.53. The third kappa shape index (κ3) is 3.48. The highest BCUT2D eigenvalue weighted by atomic mass is 32.2. The van der Waals surface area contributed by atoms with Crippen molar-refractivity contribution in [1.82, 2.24) is 0 Å². The molecule has 4 atom stereocenters. The second-order valence-electron chi connectivity index (χ2n) is 6.39. The molecule has 25 heavy (non-hydrogen) atoms. The molecule has 132 valence electrons. The summed E-state index contributed by atoms with van der Waals surface area (Å²) in [4.78, 5) is 0.0517. The SMILES string of the molecule is [2H]C1(OS(=O)(=O)c2ccc(C)cc2)CC2OC(c3ccccc3)O[C@H]2C1. The van der Waals surface area contributed by atoms with Crippen LogP contribution in [0.1, 0.15) is 31.6 Å². The first-order valence-electron chi connectivity index (χ1n) is 8.73. The standard InChI is InChI=1S/C19H20O5S/c1-13-7-9-16(10-8-13)25(20,21)24-15-11-17-18(12-15)23-19(22-17)14-5-3-2-4-6-14/h2-10,15,17-19H,11-12H2,1H3/t15?,17-,18?,19?/m0/s1/i15D. The molecular weight excluding hydrogens is 340 g/mol. The molecule has 6 heteroatoms. The van der Waals surface area contributed by atoms with Crippen LogP contribution in [0.25, 0.3) is 0 Å². The van der Waals surface area contributed by atoms with E-state index in [2.05, 4.69) is 0 Å². The van der Waals surface area contributed by atoms with Gasteiger partial charge in [0, 0.05) is 18.4 Å². The normalized spacial score (nSPS) is 32.4. The summed E-state index contributed by atoms with van der Waals surface area (Å²) in [6, 6.07) is 15.9. The van der Waals surface area contributed by atoms with Crippen molar-refractivity contribution in [3.8, 4) is 0 Å². The fraction of sp³-hybridized carbons (Fsp3) is 0.368. The summed E-state index contributed by atoms with van der Waals surface area (Å²) < 4.78 is 50.4. The minimum atomic E-state index is -4.01. The van der Waals surface area contributed by atoms with E-state index < -0.39 is 22.5 Å². The molecule has 1 saturated carbocycles. The van der Waals surface area contributed by atoms with Gasteiger partial charge in [0.05, 0.1) is 24.6 Å². The molecule has 2 fully saturated rings. The number of aryl methyl sites for hydroxylation is 1. The Bertz CT molecular complexity index is 868. The Kier molecular flexibility index (Phi) is 4.06. The lowest BCUT2D eigenvalue weighted by atomic mass is 10.2. The molecule has 1 aliphatic carbocycles. The minimum absolute atomic E-state index is 0.0517. The summed E-state index contributed by atoms with van der Waals surface area (Å²) in [6.45, 7) is 1.87. The lowest BCUT2D eigenvalue weighted by molar-refractivity contribution is -0.0828. The molecule has 4 rings (SSSR count). The molecule has 0 radical (unpaired) electrons. The number of benzene rings is 2. The Hall–Kier alpha value is -1.73. The van der Waals surface area contributed by atoms with Crippen LogP contribution < -0.4 is 0 Å². The van der Waals surface area contributed by atoms with Gasteiger partial charge < -0.3 is 9.47 Å². The average molecular weight is 361 g/mol. The summed E-state index contributed by atoms with van der Waals surface area (Å²) in [5.74, 6) is 0. The Morgan fingerprint density at radius 3 is 2.20 bits per heavy atom. The molecule has 0 spiro atoms. The number of hydrogen-bond donors (Lipinski definition) is 0. The van der Waals surface area contributed by atoms with Crippen molar-refractivity contribution in [2.24, 2.45) is 0 Å². The Morgan fingerprint density at radius 2 is 1.60 bits per heavy atom. The number of rotatable bonds is 4. The van der Waals surface area contributed by atoms with Gasteiger partial charge in [-0.1, -0.05) is 48.0 Å². The zero-order valence-electron chi connectivity index (χ0n) is 14.8. The first-order valence-corrected chi connectivity index (χ1v) is 9.64. The average Bonchev–Trinajstić information content (AvgIpc) is 3.10. The highest BCUT2D eigenvalue weighted by Gasteiger charge is 2.46. The van der Waals surface area contributed by atoms with Crippen LogP contribution in [-0.2, 0) is 23.8 Å². The lowest BCUT2D eigenvalue weighted by Crippen LogP contribution is -2.18. The van der Waals surface area contributed by atoms with Crippen LogP contribution >= 0.6 is 0 Å². The monoisotopic (exact) mass is 361 g/mol. The Morgan fingerprint density at radius 1 is 1.00 bits per heavy atom. The first kappa shape index (κ1) is 15.5. The maximum Gasteiger partial charge on any atom is 0.297 e. The van der Waals surface area contributed by atoms with E-state index in [-0.39, 0.29) is 29.9 Å². The highest BCUT2D eigenvalue weighted by molar-refractivity contribution is 7.86. The van der Waals surface area contributed by atoms with Crippen LogP contribution in [0.3, 0.4) is 0 Å². The van der Waals surface area contributed by atoms with Crippen LogP contribution in [0.2, 0.25) is 0 Å². The van der Waals surface area contributed by atoms with Gasteiger partial charge in [-0.15, -0.1) is 0 Å². The smallest absolute Gasteiger partial charge is 0.297 e. The van der Waals surface area contributed by atoms with Crippen LogP contribution in [0.15, 0.2) is 59.5 Å².